The van der Waals surface area contributed by atoms with Crippen molar-refractivity contribution in [1.29, 1.82) is 0 Å². The number of nitrogens with one attached hydrogen (secondary N) is 4. The number of likely N-dealkylation sites (tertiary alicyclic amines) is 1. The second-order valence-electron chi connectivity index (χ2n) is 16.6. The predicted molar refractivity (Wildman–Crippen MR) is 233 cm³/mol. The Morgan fingerprint density at radius 3 is 2.54 bits per heavy atom. The third kappa shape index (κ3) is 10.0. The molecule has 0 saturated carbocycles. The molecule has 324 valence electrons. The van der Waals surface area contributed by atoms with Crippen LogP contribution in [0.4, 0.5) is 9.59 Å². The van der Waals surface area contributed by atoms with Crippen molar-refractivity contribution in [3.63, 3.8) is 0 Å². The summed E-state index contributed by atoms with van der Waals surface area (Å²) < 4.78 is 15.2. The molecule has 2 aromatic carbocycles. The van der Waals surface area contributed by atoms with E-state index in [0.717, 1.165) is 64.5 Å². The van der Waals surface area contributed by atoms with Crippen LogP contribution < -0.4 is 16.0 Å². The van der Waals surface area contributed by atoms with Crippen LogP contribution in [0.15, 0.2) is 59.1 Å². The van der Waals surface area contributed by atoms with Crippen LogP contribution in [-0.4, -0.2) is 121 Å². The van der Waals surface area contributed by atoms with Crippen molar-refractivity contribution in [2.24, 2.45) is 22.7 Å². The lowest BCUT2D eigenvalue weighted by Gasteiger charge is -2.33. The number of hydrogen-bond acceptors (Lipinski definition) is 10. The van der Waals surface area contributed by atoms with Crippen molar-refractivity contribution >= 4 is 51.6 Å². The molecule has 7 rings (SSSR count). The fourth-order valence-corrected chi connectivity index (χ4v) is 8.83. The zero-order valence-corrected chi connectivity index (χ0v) is 35.8. The number of imidazole rings is 1. The van der Waals surface area contributed by atoms with Gasteiger partial charge in [0.15, 0.2) is 0 Å². The molecule has 61 heavy (non-hydrogen) atoms. The summed E-state index contributed by atoms with van der Waals surface area (Å²) in [4.78, 5) is 68.6. The Hall–Kier alpha value is -5.88. The Bertz CT molecular complexity index is 2260. The summed E-state index contributed by atoms with van der Waals surface area (Å²) in [6.07, 6.45) is 9.87. The number of hydrogen-bond donors (Lipinski definition) is 4. The van der Waals surface area contributed by atoms with E-state index < -0.39 is 24.3 Å². The summed E-state index contributed by atoms with van der Waals surface area (Å²) in [7, 11) is 2.60. The van der Waals surface area contributed by atoms with E-state index in [1.807, 2.05) is 43.9 Å². The molecule has 0 radical (unpaired) electrons. The van der Waals surface area contributed by atoms with Gasteiger partial charge in [0.1, 0.15) is 23.7 Å². The van der Waals surface area contributed by atoms with Crippen molar-refractivity contribution in [2.75, 3.05) is 47.1 Å². The van der Waals surface area contributed by atoms with Crippen LogP contribution in [-0.2, 0) is 30.3 Å². The van der Waals surface area contributed by atoms with E-state index in [4.69, 9.17) is 24.2 Å². The number of H-pyrrole nitrogens is 1. The van der Waals surface area contributed by atoms with Crippen LogP contribution >= 0.6 is 0 Å². The quantitative estimate of drug-likeness (QED) is 0.179. The normalized spacial score (nSPS) is 21.2. The van der Waals surface area contributed by atoms with Gasteiger partial charge in [-0.3, -0.25) is 14.6 Å². The van der Waals surface area contributed by atoms with E-state index in [1.165, 1.54) is 14.2 Å². The molecule has 3 aliphatic heterocycles. The SMILES string of the molecule is CCCN(Cc1nc2ccc3cc(C#CC4=CCC(C5CN=C([C@@H]6CCCN6C(=O)[C@@H](NC(=O)OC)C(C)C)N5)C=C4)ccc3c2[nH]1)C(=O)[C@@H](NC(=O)OC)C1CCOCC1. The van der Waals surface area contributed by atoms with Gasteiger partial charge in [-0.2, -0.15) is 0 Å². The summed E-state index contributed by atoms with van der Waals surface area (Å²) in [6.45, 7) is 9.00. The monoisotopic (exact) mass is 834 g/mol. The number of nitrogens with zero attached hydrogens (tertiary/aromatic N) is 4. The number of carbonyl (C=O) groups is 4. The maximum absolute atomic E-state index is 14.0. The zero-order valence-electron chi connectivity index (χ0n) is 35.8. The van der Waals surface area contributed by atoms with Gasteiger partial charge >= 0.3 is 12.2 Å². The third-order valence-corrected chi connectivity index (χ3v) is 12.2. The van der Waals surface area contributed by atoms with Gasteiger partial charge in [0.2, 0.25) is 11.8 Å². The van der Waals surface area contributed by atoms with E-state index in [1.54, 1.807) is 4.90 Å². The first-order valence-corrected chi connectivity index (χ1v) is 21.5. The number of allylic oxidation sites excluding steroid dienone is 3. The minimum Gasteiger partial charge on any atom is -0.453 e. The van der Waals surface area contributed by atoms with Gasteiger partial charge in [0.25, 0.3) is 0 Å². The number of carbonyl (C=O) groups excluding carboxylic acids is 4. The molecular weight excluding hydrogens is 777 g/mol. The standard InChI is InChI=1S/C46H58N8O7/c1-6-21-53(43(55)40(52-46(58)60-5)32-19-23-61-24-20-32)27-38-48-35-18-16-33-25-30(13-17-34(33)41(35)50-38)10-9-29-11-14-31(15-12-29)36-26-47-42(49-36)37-8-7-22-54(37)44(56)39(28(2)3)51-45(57)59-4/h11-14,16-18,25,28,31-32,36-37,39-40H,6-8,15,19-24,26-27H2,1-5H3,(H,47,49)(H,48,50)(H,51,57)(H,52,58)/t31?,36?,37-,39-,40-/m0/s1. The number of aliphatic imine (C=N–C) groups is 1. The van der Waals surface area contributed by atoms with E-state index in [-0.39, 0.29) is 48.2 Å². The first kappa shape index (κ1) is 43.2. The molecular formula is C46H58N8O7. The molecule has 1 aromatic heterocycles. The average molecular weight is 835 g/mol. The van der Waals surface area contributed by atoms with E-state index in [0.29, 0.717) is 51.5 Å². The fourth-order valence-electron chi connectivity index (χ4n) is 8.83. The van der Waals surface area contributed by atoms with Crippen LogP contribution in [0.5, 0.6) is 0 Å². The highest BCUT2D eigenvalue weighted by Gasteiger charge is 2.40. The van der Waals surface area contributed by atoms with Gasteiger partial charge in [0, 0.05) is 48.7 Å². The van der Waals surface area contributed by atoms with Crippen molar-refractivity contribution in [3.8, 4) is 11.8 Å². The Kier molecular flexibility index (Phi) is 13.9. The number of aromatic amines is 1. The Morgan fingerprint density at radius 1 is 1.03 bits per heavy atom. The highest BCUT2D eigenvalue weighted by Crippen LogP contribution is 2.29. The number of benzene rings is 2. The van der Waals surface area contributed by atoms with Crippen molar-refractivity contribution < 1.29 is 33.4 Å². The molecule has 0 spiro atoms. The molecule has 2 fully saturated rings. The average Bonchev–Trinajstić information content (AvgIpc) is 4.07. The number of ether oxygens (including phenoxy) is 3. The van der Waals surface area contributed by atoms with Crippen molar-refractivity contribution in [3.05, 3.63) is 65.5 Å². The number of aromatic nitrogens is 2. The molecule has 0 bridgehead atoms. The summed E-state index contributed by atoms with van der Waals surface area (Å²) in [5.74, 6) is 8.05. The molecule has 5 atom stereocenters. The zero-order chi connectivity index (χ0) is 43.0. The summed E-state index contributed by atoms with van der Waals surface area (Å²) >= 11 is 0. The van der Waals surface area contributed by atoms with E-state index >= 15 is 0 Å². The third-order valence-electron chi connectivity index (χ3n) is 12.2. The molecule has 15 nitrogen and oxygen atoms in total. The lowest BCUT2D eigenvalue weighted by molar-refractivity contribution is -0.136. The lowest BCUT2D eigenvalue weighted by Crippen LogP contribution is -2.55. The first-order valence-electron chi connectivity index (χ1n) is 21.5. The van der Waals surface area contributed by atoms with Crippen molar-refractivity contribution in [1.82, 2.24) is 35.7 Å². The molecule has 4 heterocycles. The number of methoxy groups -OCH3 is 2. The number of amides is 4. The van der Waals surface area contributed by atoms with E-state index in [2.05, 4.69) is 63.1 Å². The maximum Gasteiger partial charge on any atom is 0.407 e. The molecule has 4 amide bonds. The number of rotatable bonds is 12. The van der Waals surface area contributed by atoms with Gasteiger partial charge in [-0.25, -0.2) is 14.6 Å². The Labute approximate surface area is 357 Å². The summed E-state index contributed by atoms with van der Waals surface area (Å²) in [5, 5.41) is 11.2. The van der Waals surface area contributed by atoms with Crippen LogP contribution in [0.2, 0.25) is 0 Å². The minimum atomic E-state index is -0.710. The second kappa shape index (κ2) is 19.7. The highest BCUT2D eigenvalue weighted by atomic mass is 16.5. The number of fused-ring (bicyclic) bond motifs is 3. The largest absolute Gasteiger partial charge is 0.453 e. The smallest absolute Gasteiger partial charge is 0.407 e. The Morgan fingerprint density at radius 2 is 1.82 bits per heavy atom. The molecule has 15 heteroatoms. The van der Waals surface area contributed by atoms with Crippen LogP contribution in [0.1, 0.15) is 70.7 Å². The molecule has 2 saturated heterocycles. The lowest BCUT2D eigenvalue weighted by atomic mass is 9.90. The molecule has 2 unspecified atom stereocenters. The molecule has 1 aliphatic carbocycles. The van der Waals surface area contributed by atoms with Gasteiger partial charge in [-0.15, -0.1) is 0 Å². The van der Waals surface area contributed by atoms with E-state index in [9.17, 15) is 19.2 Å². The van der Waals surface area contributed by atoms with Crippen LogP contribution in [0.3, 0.4) is 0 Å². The Balaban J connectivity index is 0.971. The first-order chi connectivity index (χ1) is 29.6. The summed E-state index contributed by atoms with van der Waals surface area (Å²) in [5.41, 5.74) is 3.56. The maximum atomic E-state index is 14.0. The van der Waals surface area contributed by atoms with Gasteiger partial charge < -0.3 is 44.9 Å². The number of alkyl carbamates (subject to hydrolysis) is 2. The highest BCUT2D eigenvalue weighted by molar-refractivity contribution is 6.04. The van der Waals surface area contributed by atoms with Crippen LogP contribution in [0.25, 0.3) is 21.8 Å². The molecule has 4 N–H and O–H groups in total. The van der Waals surface area contributed by atoms with Gasteiger partial charge in [0.05, 0.1) is 50.4 Å². The van der Waals surface area contributed by atoms with Crippen molar-refractivity contribution in [2.45, 2.75) is 90.0 Å². The van der Waals surface area contributed by atoms with Crippen LogP contribution in [0, 0.1) is 29.6 Å². The summed E-state index contributed by atoms with van der Waals surface area (Å²) in [6, 6.07) is 8.79. The minimum absolute atomic E-state index is 0.0459. The van der Waals surface area contributed by atoms with Gasteiger partial charge in [-0.1, -0.05) is 63.0 Å². The molecule has 4 aliphatic rings. The molecule has 3 aromatic rings. The van der Waals surface area contributed by atoms with Gasteiger partial charge in [-0.05, 0) is 73.9 Å². The fraction of sp³-hybridized carbons (Fsp3) is 0.522. The predicted octanol–water partition coefficient (Wildman–Crippen LogP) is 5.20. The second-order valence-corrected chi connectivity index (χ2v) is 16.6. The topological polar surface area (TPSA) is 180 Å². The number of amidine groups is 1.